The molecule has 6 heteroatoms. The van der Waals surface area contributed by atoms with E-state index < -0.39 is 24.0 Å². The van der Waals surface area contributed by atoms with E-state index in [1.165, 1.54) is 4.90 Å². The van der Waals surface area contributed by atoms with Crippen LogP contribution in [0, 0.1) is 0 Å². The van der Waals surface area contributed by atoms with Gasteiger partial charge >= 0.3 is 5.97 Å². The number of carbonyl (C=O) groups is 2. The Bertz CT molecular complexity index is 1300. The summed E-state index contributed by atoms with van der Waals surface area (Å²) in [5, 5.41) is 10.0. The Kier molecular flexibility index (Phi) is 7.17. The Balaban J connectivity index is 1.40. The van der Waals surface area contributed by atoms with Crippen LogP contribution in [0.4, 0.5) is 0 Å². The van der Waals surface area contributed by atoms with Crippen LogP contribution >= 0.6 is 0 Å². The Hall–Kier alpha value is -4.58. The number of para-hydroxylation sites is 3. The smallest absolute Gasteiger partial charge is 0.326 e. The van der Waals surface area contributed by atoms with Crippen molar-refractivity contribution in [2.75, 3.05) is 6.54 Å². The number of hydrogen-bond acceptors (Lipinski definition) is 4. The first kappa shape index (κ1) is 24.1. The van der Waals surface area contributed by atoms with E-state index in [9.17, 15) is 14.7 Å². The molecule has 37 heavy (non-hydrogen) atoms. The number of carboxylic acid groups (broad SMARTS) is 1. The maximum atomic E-state index is 13.9. The van der Waals surface area contributed by atoms with Crippen molar-refractivity contribution in [1.29, 1.82) is 0 Å². The zero-order valence-corrected chi connectivity index (χ0v) is 20.1. The van der Waals surface area contributed by atoms with Crippen molar-refractivity contribution in [3.05, 3.63) is 126 Å². The molecule has 1 saturated heterocycles. The van der Waals surface area contributed by atoms with Crippen molar-refractivity contribution in [2.45, 2.75) is 24.5 Å². The highest BCUT2D eigenvalue weighted by Crippen LogP contribution is 2.35. The van der Waals surface area contributed by atoms with Crippen LogP contribution in [0.5, 0.6) is 17.2 Å². The lowest BCUT2D eigenvalue weighted by Crippen LogP contribution is -2.43. The van der Waals surface area contributed by atoms with Crippen molar-refractivity contribution < 1.29 is 24.2 Å². The van der Waals surface area contributed by atoms with E-state index in [1.54, 1.807) is 12.1 Å². The molecule has 2 atom stereocenters. The maximum Gasteiger partial charge on any atom is 0.326 e. The van der Waals surface area contributed by atoms with Crippen LogP contribution in [-0.4, -0.2) is 40.6 Å². The standard InChI is InChI=1S/C31H27NO5/c33-30(29(22-12-4-1-5-13-22)23-14-6-2-7-15-23)32-21-25(20-26(32)31(34)35)37-28-19-11-10-18-27(28)36-24-16-8-3-9-17-24/h1-19,25-26,29H,20-21H2,(H,34,35)/t25-,26-/m0/s1. The normalized spacial score (nSPS) is 16.9. The average Bonchev–Trinajstić information content (AvgIpc) is 3.36. The third kappa shape index (κ3) is 5.48. The number of nitrogens with zero attached hydrogens (tertiary/aromatic N) is 1. The van der Waals surface area contributed by atoms with Crippen LogP contribution in [0.25, 0.3) is 0 Å². The highest BCUT2D eigenvalue weighted by atomic mass is 16.5. The Morgan fingerprint density at radius 3 is 1.81 bits per heavy atom. The molecule has 1 fully saturated rings. The molecule has 0 radical (unpaired) electrons. The summed E-state index contributed by atoms with van der Waals surface area (Å²) in [6, 6.07) is 34.5. The SMILES string of the molecule is O=C(O)[C@@H]1C[C@H](Oc2ccccc2Oc2ccccc2)CN1C(=O)C(c1ccccc1)c1ccccc1. The molecule has 1 aliphatic rings. The van der Waals surface area contributed by atoms with Gasteiger partial charge in [0.15, 0.2) is 11.5 Å². The second-order valence-electron chi connectivity index (χ2n) is 8.94. The van der Waals surface area contributed by atoms with E-state index in [-0.39, 0.29) is 18.9 Å². The number of amides is 1. The van der Waals surface area contributed by atoms with Crippen LogP contribution in [0.15, 0.2) is 115 Å². The zero-order valence-electron chi connectivity index (χ0n) is 20.1. The van der Waals surface area contributed by atoms with E-state index >= 15 is 0 Å². The summed E-state index contributed by atoms with van der Waals surface area (Å²) in [7, 11) is 0. The molecule has 1 amide bonds. The van der Waals surface area contributed by atoms with Crippen molar-refractivity contribution >= 4 is 11.9 Å². The fourth-order valence-corrected chi connectivity index (χ4v) is 4.72. The second kappa shape index (κ2) is 11.0. The van der Waals surface area contributed by atoms with Gasteiger partial charge in [-0.15, -0.1) is 0 Å². The number of likely N-dealkylation sites (tertiary alicyclic amines) is 1. The summed E-state index contributed by atoms with van der Waals surface area (Å²) in [4.78, 5) is 27.6. The predicted octanol–water partition coefficient (Wildman–Crippen LogP) is 5.74. The lowest BCUT2D eigenvalue weighted by molar-refractivity contribution is -0.148. The van der Waals surface area contributed by atoms with Gasteiger partial charge in [0.2, 0.25) is 5.91 Å². The summed E-state index contributed by atoms with van der Waals surface area (Å²) < 4.78 is 12.2. The Morgan fingerprint density at radius 1 is 0.730 bits per heavy atom. The van der Waals surface area contributed by atoms with Crippen molar-refractivity contribution in [3.8, 4) is 17.2 Å². The van der Waals surface area contributed by atoms with Crippen molar-refractivity contribution in [3.63, 3.8) is 0 Å². The Morgan fingerprint density at radius 2 is 1.24 bits per heavy atom. The first-order chi connectivity index (χ1) is 18.1. The third-order valence-corrected chi connectivity index (χ3v) is 6.46. The molecule has 5 rings (SSSR count). The maximum absolute atomic E-state index is 13.9. The highest BCUT2D eigenvalue weighted by molar-refractivity contribution is 5.91. The fraction of sp³-hybridized carbons (Fsp3) is 0.161. The lowest BCUT2D eigenvalue weighted by atomic mass is 9.90. The highest BCUT2D eigenvalue weighted by Gasteiger charge is 2.43. The first-order valence-corrected chi connectivity index (χ1v) is 12.2. The number of aliphatic carboxylic acids is 1. The molecule has 0 aromatic heterocycles. The van der Waals surface area contributed by atoms with Gasteiger partial charge in [-0.3, -0.25) is 4.79 Å². The Labute approximate surface area is 215 Å². The van der Waals surface area contributed by atoms with Gasteiger partial charge in [-0.05, 0) is 35.4 Å². The summed E-state index contributed by atoms with van der Waals surface area (Å²) in [5.74, 6) is -0.234. The monoisotopic (exact) mass is 493 g/mol. The largest absolute Gasteiger partial charge is 0.485 e. The summed E-state index contributed by atoms with van der Waals surface area (Å²) in [6.07, 6.45) is -0.324. The van der Waals surface area contributed by atoms with Gasteiger partial charge in [0, 0.05) is 6.42 Å². The van der Waals surface area contributed by atoms with Gasteiger partial charge in [-0.2, -0.15) is 0 Å². The molecular formula is C31H27NO5. The van der Waals surface area contributed by atoms with E-state index in [0.717, 1.165) is 11.1 Å². The minimum absolute atomic E-state index is 0.158. The zero-order chi connectivity index (χ0) is 25.6. The van der Waals surface area contributed by atoms with E-state index in [4.69, 9.17) is 9.47 Å². The molecule has 1 heterocycles. The molecular weight excluding hydrogens is 466 g/mol. The number of rotatable bonds is 8. The summed E-state index contributed by atoms with van der Waals surface area (Å²) in [6.45, 7) is 0.158. The molecule has 0 saturated carbocycles. The molecule has 0 bridgehead atoms. The van der Waals surface area contributed by atoms with Crippen molar-refractivity contribution in [2.24, 2.45) is 0 Å². The van der Waals surface area contributed by atoms with Crippen molar-refractivity contribution in [1.82, 2.24) is 4.90 Å². The summed E-state index contributed by atoms with van der Waals surface area (Å²) in [5.41, 5.74) is 1.63. The predicted molar refractivity (Wildman–Crippen MR) is 140 cm³/mol. The van der Waals surface area contributed by atoms with E-state index in [1.807, 2.05) is 103 Å². The molecule has 186 valence electrons. The quantitative estimate of drug-likeness (QED) is 0.339. The van der Waals surface area contributed by atoms with Gasteiger partial charge < -0.3 is 19.5 Å². The minimum Gasteiger partial charge on any atom is -0.485 e. The number of carbonyl (C=O) groups excluding carboxylic acids is 1. The molecule has 1 aliphatic heterocycles. The van der Waals surface area contributed by atoms with E-state index in [0.29, 0.717) is 17.2 Å². The van der Waals surface area contributed by atoms with Gasteiger partial charge in [-0.25, -0.2) is 4.79 Å². The average molecular weight is 494 g/mol. The number of ether oxygens (including phenoxy) is 2. The van der Waals surface area contributed by atoms with Gasteiger partial charge in [0.1, 0.15) is 17.9 Å². The first-order valence-electron chi connectivity index (χ1n) is 12.2. The van der Waals surface area contributed by atoms with Crippen LogP contribution < -0.4 is 9.47 Å². The fourth-order valence-electron chi connectivity index (χ4n) is 4.72. The second-order valence-corrected chi connectivity index (χ2v) is 8.94. The van der Waals surface area contributed by atoms with Crippen LogP contribution in [0.1, 0.15) is 23.5 Å². The third-order valence-electron chi connectivity index (χ3n) is 6.46. The minimum atomic E-state index is -1.05. The summed E-state index contributed by atoms with van der Waals surface area (Å²) >= 11 is 0. The number of benzene rings is 4. The van der Waals surface area contributed by atoms with Crippen LogP contribution in [0.3, 0.4) is 0 Å². The van der Waals surface area contributed by atoms with Crippen LogP contribution in [0.2, 0.25) is 0 Å². The number of carboxylic acids is 1. The van der Waals surface area contributed by atoms with E-state index in [2.05, 4.69) is 0 Å². The molecule has 0 aliphatic carbocycles. The van der Waals surface area contributed by atoms with Crippen LogP contribution in [-0.2, 0) is 9.59 Å². The molecule has 0 spiro atoms. The van der Waals surface area contributed by atoms with Gasteiger partial charge in [-0.1, -0.05) is 91.0 Å². The van der Waals surface area contributed by atoms with Gasteiger partial charge in [0.05, 0.1) is 12.5 Å². The molecule has 4 aromatic rings. The molecule has 1 N–H and O–H groups in total. The molecule has 6 nitrogen and oxygen atoms in total. The molecule has 0 unspecified atom stereocenters. The number of hydrogen-bond donors (Lipinski definition) is 1. The lowest BCUT2D eigenvalue weighted by Gasteiger charge is -2.27. The molecule has 4 aromatic carbocycles. The van der Waals surface area contributed by atoms with Gasteiger partial charge in [0.25, 0.3) is 0 Å². The topological polar surface area (TPSA) is 76.1 Å².